The number of thioether (sulfide) groups is 1. The molecule has 0 radical (unpaired) electrons. The van der Waals surface area contributed by atoms with Gasteiger partial charge in [0.15, 0.2) is 0 Å². The average molecular weight is 223 g/mol. The molecule has 0 aliphatic heterocycles. The Hall–Kier alpha value is -0.470. The number of benzene rings is 1. The minimum atomic E-state index is 0.464. The first-order valence-electron chi connectivity index (χ1n) is 5.59. The summed E-state index contributed by atoms with van der Waals surface area (Å²) in [6.07, 6.45) is 0. The predicted molar refractivity (Wildman–Crippen MR) is 69.5 cm³/mol. The third-order valence-electron chi connectivity index (χ3n) is 2.53. The van der Waals surface area contributed by atoms with E-state index in [1.165, 1.54) is 10.5 Å². The molecule has 1 aromatic rings. The second-order valence-corrected chi connectivity index (χ2v) is 5.35. The summed E-state index contributed by atoms with van der Waals surface area (Å²) in [4.78, 5) is 1.36. The lowest BCUT2D eigenvalue weighted by Crippen LogP contribution is -2.21. The molecule has 0 saturated heterocycles. The zero-order valence-corrected chi connectivity index (χ0v) is 10.9. The molecule has 1 rings (SSSR count). The Morgan fingerprint density at radius 2 is 1.80 bits per heavy atom. The van der Waals surface area contributed by atoms with Crippen LogP contribution in [0.1, 0.15) is 32.4 Å². The number of nitrogens with one attached hydrogen (secondary N) is 1. The second-order valence-electron chi connectivity index (χ2n) is 4.01. The summed E-state index contributed by atoms with van der Waals surface area (Å²) >= 11 is 1.89. The highest BCUT2D eigenvalue weighted by molar-refractivity contribution is 7.99. The Labute approximate surface area is 97.7 Å². The van der Waals surface area contributed by atoms with Crippen LogP contribution in [0.5, 0.6) is 0 Å². The van der Waals surface area contributed by atoms with Gasteiger partial charge in [-0.25, -0.2) is 0 Å². The molecule has 0 fully saturated rings. The van der Waals surface area contributed by atoms with Crippen molar-refractivity contribution in [2.45, 2.75) is 31.7 Å². The topological polar surface area (TPSA) is 12.0 Å². The summed E-state index contributed by atoms with van der Waals surface area (Å²) in [5, 5.41) is 3.36. The van der Waals surface area contributed by atoms with E-state index in [2.05, 4.69) is 50.4 Å². The monoisotopic (exact) mass is 223 g/mol. The summed E-state index contributed by atoms with van der Waals surface area (Å²) in [5.41, 5.74) is 1.38. The third-order valence-corrected chi connectivity index (χ3v) is 3.42. The molecular weight excluding hydrogens is 202 g/mol. The average Bonchev–Trinajstić information content (AvgIpc) is 2.21. The van der Waals surface area contributed by atoms with Crippen molar-refractivity contribution in [1.82, 2.24) is 5.32 Å². The molecule has 0 aromatic heterocycles. The van der Waals surface area contributed by atoms with Crippen molar-refractivity contribution in [3.63, 3.8) is 0 Å². The fourth-order valence-electron chi connectivity index (χ4n) is 1.82. The molecule has 84 valence electrons. The molecule has 0 heterocycles. The SMILES string of the molecule is CCSc1ccc(C(NC)C(C)C)cc1. The van der Waals surface area contributed by atoms with Gasteiger partial charge in [0.2, 0.25) is 0 Å². The van der Waals surface area contributed by atoms with Gasteiger partial charge in [-0.2, -0.15) is 0 Å². The zero-order chi connectivity index (χ0) is 11.3. The van der Waals surface area contributed by atoms with Gasteiger partial charge in [-0.15, -0.1) is 11.8 Å². The van der Waals surface area contributed by atoms with Gasteiger partial charge < -0.3 is 5.32 Å². The predicted octanol–water partition coefficient (Wildman–Crippen LogP) is 3.72. The van der Waals surface area contributed by atoms with E-state index < -0.39 is 0 Å². The largest absolute Gasteiger partial charge is 0.313 e. The van der Waals surface area contributed by atoms with E-state index >= 15 is 0 Å². The molecule has 0 saturated carbocycles. The maximum absolute atomic E-state index is 3.36. The van der Waals surface area contributed by atoms with Crippen LogP contribution >= 0.6 is 11.8 Å². The molecule has 1 atom stereocenters. The Balaban J connectivity index is 2.77. The van der Waals surface area contributed by atoms with Crippen LogP contribution in [0.2, 0.25) is 0 Å². The first kappa shape index (κ1) is 12.6. The van der Waals surface area contributed by atoms with Crippen molar-refractivity contribution in [1.29, 1.82) is 0 Å². The molecule has 1 nitrogen and oxygen atoms in total. The van der Waals surface area contributed by atoms with Gasteiger partial charge in [0, 0.05) is 10.9 Å². The quantitative estimate of drug-likeness (QED) is 0.764. The van der Waals surface area contributed by atoms with Gasteiger partial charge in [0.25, 0.3) is 0 Å². The lowest BCUT2D eigenvalue weighted by molar-refractivity contribution is 0.443. The standard InChI is InChI=1S/C13H21NS/c1-5-15-12-8-6-11(7-9-12)13(14-4)10(2)3/h6-10,13-14H,5H2,1-4H3. The van der Waals surface area contributed by atoms with E-state index in [1.54, 1.807) is 0 Å². The van der Waals surface area contributed by atoms with Crippen molar-refractivity contribution in [2.24, 2.45) is 5.92 Å². The summed E-state index contributed by atoms with van der Waals surface area (Å²) in [7, 11) is 2.03. The molecule has 1 unspecified atom stereocenters. The number of rotatable bonds is 5. The Bertz CT molecular complexity index is 279. The van der Waals surface area contributed by atoms with E-state index in [-0.39, 0.29) is 0 Å². The van der Waals surface area contributed by atoms with Gasteiger partial charge in [-0.05, 0) is 36.4 Å². The molecule has 1 aromatic carbocycles. The van der Waals surface area contributed by atoms with Gasteiger partial charge in [-0.1, -0.05) is 32.9 Å². The van der Waals surface area contributed by atoms with Crippen LogP contribution in [0.3, 0.4) is 0 Å². The number of hydrogen-bond acceptors (Lipinski definition) is 2. The van der Waals surface area contributed by atoms with E-state index in [0.29, 0.717) is 12.0 Å². The van der Waals surface area contributed by atoms with Crippen LogP contribution in [0.4, 0.5) is 0 Å². The van der Waals surface area contributed by atoms with Crippen molar-refractivity contribution >= 4 is 11.8 Å². The van der Waals surface area contributed by atoms with Crippen LogP contribution in [0, 0.1) is 5.92 Å². The third kappa shape index (κ3) is 3.54. The van der Waals surface area contributed by atoms with Crippen LogP contribution in [0.25, 0.3) is 0 Å². The number of hydrogen-bond donors (Lipinski definition) is 1. The Morgan fingerprint density at radius 1 is 1.20 bits per heavy atom. The fraction of sp³-hybridized carbons (Fsp3) is 0.538. The minimum absolute atomic E-state index is 0.464. The maximum atomic E-state index is 3.36. The molecule has 1 N–H and O–H groups in total. The van der Waals surface area contributed by atoms with Crippen molar-refractivity contribution < 1.29 is 0 Å². The summed E-state index contributed by atoms with van der Waals surface area (Å²) < 4.78 is 0. The molecule has 0 spiro atoms. The van der Waals surface area contributed by atoms with E-state index in [4.69, 9.17) is 0 Å². The maximum Gasteiger partial charge on any atom is 0.0340 e. The summed E-state index contributed by atoms with van der Waals surface area (Å²) in [6, 6.07) is 9.37. The Kier molecular flexibility index (Phi) is 5.20. The van der Waals surface area contributed by atoms with Crippen LogP contribution in [0.15, 0.2) is 29.2 Å². The van der Waals surface area contributed by atoms with E-state index in [1.807, 2.05) is 18.8 Å². The highest BCUT2D eigenvalue weighted by atomic mass is 32.2. The lowest BCUT2D eigenvalue weighted by Gasteiger charge is -2.20. The van der Waals surface area contributed by atoms with Gasteiger partial charge in [0.1, 0.15) is 0 Å². The summed E-state index contributed by atoms with van der Waals surface area (Å²) in [6.45, 7) is 6.68. The first-order valence-corrected chi connectivity index (χ1v) is 6.57. The molecule has 15 heavy (non-hydrogen) atoms. The second kappa shape index (κ2) is 6.19. The first-order chi connectivity index (χ1) is 7.19. The molecule has 2 heteroatoms. The summed E-state index contributed by atoms with van der Waals surface area (Å²) in [5.74, 6) is 1.76. The highest BCUT2D eigenvalue weighted by Crippen LogP contribution is 2.24. The molecule has 0 amide bonds. The molecular formula is C13H21NS. The van der Waals surface area contributed by atoms with E-state index in [0.717, 1.165) is 5.75 Å². The van der Waals surface area contributed by atoms with Crippen LogP contribution in [-0.2, 0) is 0 Å². The van der Waals surface area contributed by atoms with E-state index in [9.17, 15) is 0 Å². The lowest BCUT2D eigenvalue weighted by atomic mass is 9.96. The zero-order valence-electron chi connectivity index (χ0n) is 10.1. The fourth-order valence-corrected chi connectivity index (χ4v) is 2.48. The van der Waals surface area contributed by atoms with Crippen LogP contribution in [-0.4, -0.2) is 12.8 Å². The highest BCUT2D eigenvalue weighted by Gasteiger charge is 2.12. The van der Waals surface area contributed by atoms with Crippen molar-refractivity contribution in [2.75, 3.05) is 12.8 Å². The smallest absolute Gasteiger partial charge is 0.0340 e. The van der Waals surface area contributed by atoms with Gasteiger partial charge in [0.05, 0.1) is 0 Å². The van der Waals surface area contributed by atoms with Gasteiger partial charge in [-0.3, -0.25) is 0 Å². The van der Waals surface area contributed by atoms with Gasteiger partial charge >= 0.3 is 0 Å². The normalized spacial score (nSPS) is 13.1. The van der Waals surface area contributed by atoms with Crippen LogP contribution < -0.4 is 5.32 Å². The van der Waals surface area contributed by atoms with Crippen molar-refractivity contribution in [3.8, 4) is 0 Å². The Morgan fingerprint density at radius 3 is 2.20 bits per heavy atom. The molecule has 0 aliphatic carbocycles. The molecule has 0 aliphatic rings. The van der Waals surface area contributed by atoms with Crippen molar-refractivity contribution in [3.05, 3.63) is 29.8 Å². The molecule has 0 bridgehead atoms. The minimum Gasteiger partial charge on any atom is -0.313 e.